The highest BCUT2D eigenvalue weighted by molar-refractivity contribution is 5.99. The molecule has 1 aromatic heterocycles. The Kier molecular flexibility index (Phi) is 4.40. The third-order valence-electron chi connectivity index (χ3n) is 4.86. The number of rotatable bonds is 3. The van der Waals surface area contributed by atoms with Gasteiger partial charge in [0.2, 0.25) is 5.95 Å². The number of carbonyl (C=O) groups excluding carboxylic acids is 1. The molecule has 148 valence electrons. The molecule has 1 aliphatic carbocycles. The van der Waals surface area contributed by atoms with Crippen LogP contribution in [0.15, 0.2) is 35.5 Å². The second-order valence-electron chi connectivity index (χ2n) is 7.06. The first kappa shape index (κ1) is 18.5. The van der Waals surface area contributed by atoms with Crippen LogP contribution in [0.5, 0.6) is 5.75 Å². The maximum absolute atomic E-state index is 13.2. The molecule has 2 heterocycles. The molecular weight excluding hydrogens is 373 g/mol. The maximum atomic E-state index is 13.2. The van der Waals surface area contributed by atoms with Crippen molar-refractivity contribution in [2.75, 3.05) is 11.9 Å². The number of alkyl halides is 3. The van der Waals surface area contributed by atoms with Crippen molar-refractivity contribution in [1.29, 1.82) is 0 Å². The Labute approximate surface area is 159 Å². The van der Waals surface area contributed by atoms with Crippen molar-refractivity contribution in [3.05, 3.63) is 46.9 Å². The van der Waals surface area contributed by atoms with E-state index < -0.39 is 18.0 Å². The van der Waals surface area contributed by atoms with E-state index in [0.29, 0.717) is 42.0 Å². The molecule has 1 aliphatic heterocycles. The number of hydrogen-bond acceptors (Lipinski definition) is 5. The summed E-state index contributed by atoms with van der Waals surface area (Å²) in [5.74, 6) is -0.662. The molecular formula is C19H19F3N4O2. The van der Waals surface area contributed by atoms with Crippen LogP contribution < -0.4 is 10.1 Å². The lowest BCUT2D eigenvalue weighted by atomic mass is 9.81. The number of nitrogens with one attached hydrogen (secondary N) is 1. The Hall–Kier alpha value is -2.84. The third kappa shape index (κ3) is 3.14. The number of ketones is 1. The first-order chi connectivity index (χ1) is 13.3. The van der Waals surface area contributed by atoms with Gasteiger partial charge in [-0.3, -0.25) is 4.79 Å². The Morgan fingerprint density at radius 1 is 1.32 bits per heavy atom. The highest BCUT2D eigenvalue weighted by Gasteiger charge is 2.43. The van der Waals surface area contributed by atoms with Gasteiger partial charge in [-0.1, -0.05) is 19.1 Å². The van der Waals surface area contributed by atoms with Gasteiger partial charge >= 0.3 is 6.18 Å². The molecule has 2 atom stereocenters. The molecule has 0 bridgehead atoms. The van der Waals surface area contributed by atoms with Crippen molar-refractivity contribution in [1.82, 2.24) is 14.8 Å². The molecule has 0 saturated heterocycles. The van der Waals surface area contributed by atoms with Gasteiger partial charge in [0.1, 0.15) is 11.8 Å². The summed E-state index contributed by atoms with van der Waals surface area (Å²) >= 11 is 0. The van der Waals surface area contributed by atoms with Crippen LogP contribution >= 0.6 is 0 Å². The summed E-state index contributed by atoms with van der Waals surface area (Å²) in [7, 11) is 0. The van der Waals surface area contributed by atoms with Gasteiger partial charge in [0.05, 0.1) is 6.61 Å². The fraction of sp³-hybridized carbons (Fsp3) is 0.421. The minimum absolute atomic E-state index is 0.0141. The zero-order valence-electron chi connectivity index (χ0n) is 15.4. The fourth-order valence-electron chi connectivity index (χ4n) is 3.78. The number of carbonyl (C=O) groups is 1. The summed E-state index contributed by atoms with van der Waals surface area (Å²) in [6, 6.07) is 6.22. The van der Waals surface area contributed by atoms with E-state index in [2.05, 4.69) is 15.4 Å². The van der Waals surface area contributed by atoms with E-state index in [1.54, 1.807) is 24.3 Å². The minimum Gasteiger partial charge on any atom is -0.494 e. The molecule has 4 rings (SSSR count). The van der Waals surface area contributed by atoms with Crippen LogP contribution in [0, 0.1) is 5.92 Å². The SMILES string of the molecule is CCOc1cccc([C@H]2C3=C(C[C@@H](C)CC3=O)Nc3nc(C(F)(F)F)nn32)c1. The lowest BCUT2D eigenvalue weighted by Crippen LogP contribution is -2.33. The normalized spacial score (nSPS) is 21.8. The summed E-state index contributed by atoms with van der Waals surface area (Å²) in [6.07, 6.45) is -3.77. The largest absolute Gasteiger partial charge is 0.494 e. The predicted octanol–water partition coefficient (Wildman–Crippen LogP) is 3.96. The minimum atomic E-state index is -4.68. The summed E-state index contributed by atoms with van der Waals surface area (Å²) < 4.78 is 46.3. The molecule has 1 N–H and O–H groups in total. The second-order valence-corrected chi connectivity index (χ2v) is 7.06. The molecule has 0 spiro atoms. The van der Waals surface area contributed by atoms with Crippen LogP contribution in [-0.4, -0.2) is 27.2 Å². The summed E-state index contributed by atoms with van der Waals surface area (Å²) in [5.41, 5.74) is 1.68. The Bertz CT molecular complexity index is 964. The quantitative estimate of drug-likeness (QED) is 0.856. The fourth-order valence-corrected chi connectivity index (χ4v) is 3.78. The average molecular weight is 392 g/mol. The summed E-state index contributed by atoms with van der Waals surface area (Å²) in [5, 5.41) is 6.60. The lowest BCUT2D eigenvalue weighted by Gasteiger charge is -2.34. The molecule has 6 nitrogen and oxygen atoms in total. The van der Waals surface area contributed by atoms with Crippen LogP contribution in [0.2, 0.25) is 0 Å². The molecule has 0 amide bonds. The lowest BCUT2D eigenvalue weighted by molar-refractivity contribution is -0.145. The number of hydrogen-bond donors (Lipinski definition) is 1. The van der Waals surface area contributed by atoms with E-state index in [9.17, 15) is 18.0 Å². The molecule has 2 aliphatic rings. The van der Waals surface area contributed by atoms with Crippen molar-refractivity contribution < 1.29 is 22.7 Å². The number of nitrogens with zero attached hydrogens (tertiary/aromatic N) is 3. The van der Waals surface area contributed by atoms with E-state index in [1.807, 2.05) is 13.8 Å². The standard InChI is InChI=1S/C19H19F3N4O2/c1-3-28-12-6-4-5-11(9-12)16-15-13(7-10(2)8-14(15)27)23-18-24-17(19(20,21)22)25-26(16)18/h4-6,9-10,16H,3,7-8H2,1-2H3,(H,23,24,25)/t10-,16+/m1/s1. The van der Waals surface area contributed by atoms with Gasteiger partial charge in [0.25, 0.3) is 5.82 Å². The van der Waals surface area contributed by atoms with Crippen molar-refractivity contribution >= 4 is 11.7 Å². The van der Waals surface area contributed by atoms with Gasteiger partial charge in [-0.25, -0.2) is 4.68 Å². The van der Waals surface area contributed by atoms with Gasteiger partial charge < -0.3 is 10.1 Å². The van der Waals surface area contributed by atoms with E-state index in [0.717, 1.165) is 4.68 Å². The van der Waals surface area contributed by atoms with E-state index in [4.69, 9.17) is 4.74 Å². The van der Waals surface area contributed by atoms with Crippen molar-refractivity contribution in [2.24, 2.45) is 5.92 Å². The zero-order chi connectivity index (χ0) is 20.1. The monoisotopic (exact) mass is 392 g/mol. The molecule has 0 saturated carbocycles. The summed E-state index contributed by atoms with van der Waals surface area (Å²) in [4.78, 5) is 16.5. The smallest absolute Gasteiger partial charge is 0.453 e. The molecule has 9 heteroatoms. The van der Waals surface area contributed by atoms with Crippen LogP contribution in [0.3, 0.4) is 0 Å². The number of benzene rings is 1. The van der Waals surface area contributed by atoms with Gasteiger partial charge in [-0.05, 0) is 37.0 Å². The highest BCUT2D eigenvalue weighted by atomic mass is 19.4. The van der Waals surface area contributed by atoms with Crippen LogP contribution in [-0.2, 0) is 11.0 Å². The molecule has 0 unspecified atom stereocenters. The van der Waals surface area contributed by atoms with E-state index in [-0.39, 0.29) is 17.6 Å². The van der Waals surface area contributed by atoms with Crippen molar-refractivity contribution in [3.63, 3.8) is 0 Å². The van der Waals surface area contributed by atoms with Gasteiger partial charge in [0, 0.05) is 17.7 Å². The molecule has 28 heavy (non-hydrogen) atoms. The second kappa shape index (κ2) is 6.65. The Balaban J connectivity index is 1.89. The van der Waals surface area contributed by atoms with E-state index in [1.165, 1.54) is 0 Å². The maximum Gasteiger partial charge on any atom is 0.453 e. The summed E-state index contributed by atoms with van der Waals surface area (Å²) in [6.45, 7) is 4.23. The molecule has 1 aromatic carbocycles. The van der Waals surface area contributed by atoms with E-state index >= 15 is 0 Å². The van der Waals surface area contributed by atoms with Gasteiger partial charge in [0.15, 0.2) is 5.78 Å². The Morgan fingerprint density at radius 3 is 2.82 bits per heavy atom. The number of allylic oxidation sites excluding steroid dienone is 2. The average Bonchev–Trinajstić information content (AvgIpc) is 3.04. The number of halogens is 3. The first-order valence-corrected chi connectivity index (χ1v) is 9.07. The van der Waals surface area contributed by atoms with Crippen LogP contribution in [0.1, 0.15) is 44.1 Å². The van der Waals surface area contributed by atoms with Crippen molar-refractivity contribution in [2.45, 2.75) is 38.9 Å². The van der Waals surface area contributed by atoms with Crippen molar-refractivity contribution in [3.8, 4) is 5.75 Å². The number of aromatic nitrogens is 3. The zero-order valence-corrected chi connectivity index (χ0v) is 15.4. The molecule has 0 fully saturated rings. The number of fused-ring (bicyclic) bond motifs is 1. The Morgan fingerprint density at radius 2 is 2.11 bits per heavy atom. The predicted molar refractivity (Wildman–Crippen MR) is 94.8 cm³/mol. The number of Topliss-reactive ketones (excluding diaryl/α,β-unsaturated/α-hetero) is 1. The van der Waals surface area contributed by atoms with Crippen LogP contribution in [0.4, 0.5) is 19.1 Å². The molecule has 0 radical (unpaired) electrons. The third-order valence-corrected chi connectivity index (χ3v) is 4.86. The first-order valence-electron chi connectivity index (χ1n) is 9.07. The highest BCUT2D eigenvalue weighted by Crippen LogP contribution is 2.42. The molecule has 2 aromatic rings. The number of ether oxygens (including phenoxy) is 1. The van der Waals surface area contributed by atoms with Gasteiger partial charge in [-0.2, -0.15) is 18.2 Å². The van der Waals surface area contributed by atoms with Gasteiger partial charge in [-0.15, -0.1) is 5.10 Å². The van der Waals surface area contributed by atoms with Crippen LogP contribution in [0.25, 0.3) is 0 Å². The number of anilines is 1. The topological polar surface area (TPSA) is 69.0 Å².